The summed E-state index contributed by atoms with van der Waals surface area (Å²) in [4.78, 5) is 25.0. The van der Waals surface area contributed by atoms with Gasteiger partial charge in [0.1, 0.15) is 29.0 Å². The average molecular weight is 406 g/mol. The molecule has 2 heterocycles. The molecule has 0 bridgehead atoms. The van der Waals surface area contributed by atoms with Crippen molar-refractivity contribution in [1.82, 2.24) is 20.3 Å². The van der Waals surface area contributed by atoms with Crippen LogP contribution in [-0.4, -0.2) is 40.6 Å². The first-order chi connectivity index (χ1) is 14.5. The van der Waals surface area contributed by atoms with Gasteiger partial charge in [0.25, 0.3) is 5.91 Å². The van der Waals surface area contributed by atoms with E-state index in [1.54, 1.807) is 12.3 Å². The minimum atomic E-state index is -0.174. The molecule has 30 heavy (non-hydrogen) atoms. The molecule has 0 atom stereocenters. The van der Waals surface area contributed by atoms with Crippen LogP contribution in [0.4, 0.5) is 17.5 Å². The number of pyridine rings is 1. The maximum atomic E-state index is 12.0. The number of carbonyl (C=O) groups is 1. The summed E-state index contributed by atoms with van der Waals surface area (Å²) >= 11 is 0. The molecule has 8 nitrogen and oxygen atoms in total. The van der Waals surface area contributed by atoms with Crippen LogP contribution < -0.4 is 20.7 Å². The number of nitrogens with zero attached hydrogens (tertiary/aromatic N) is 3. The number of hydrogen-bond acceptors (Lipinski definition) is 7. The third-order valence-corrected chi connectivity index (χ3v) is 4.22. The molecule has 0 aliphatic carbocycles. The largest absolute Gasteiger partial charge is 0.484 e. The first-order valence-corrected chi connectivity index (χ1v) is 9.74. The molecule has 0 aliphatic heterocycles. The summed E-state index contributed by atoms with van der Waals surface area (Å²) in [5.74, 6) is 3.21. The lowest BCUT2D eigenvalue weighted by Crippen LogP contribution is -2.32. The molecule has 8 heteroatoms. The van der Waals surface area contributed by atoms with Gasteiger partial charge in [0.05, 0.1) is 0 Å². The van der Waals surface area contributed by atoms with Crippen molar-refractivity contribution in [1.29, 1.82) is 0 Å². The number of nitrogens with one attached hydrogen (secondary N) is 3. The van der Waals surface area contributed by atoms with Gasteiger partial charge in [-0.15, -0.1) is 0 Å². The molecule has 0 unspecified atom stereocenters. The van der Waals surface area contributed by atoms with Gasteiger partial charge in [-0.1, -0.05) is 18.2 Å². The second-order valence-corrected chi connectivity index (χ2v) is 6.86. The van der Waals surface area contributed by atoms with Crippen molar-refractivity contribution < 1.29 is 9.53 Å². The van der Waals surface area contributed by atoms with Crippen molar-refractivity contribution in [3.63, 3.8) is 0 Å². The van der Waals surface area contributed by atoms with E-state index >= 15 is 0 Å². The van der Waals surface area contributed by atoms with Gasteiger partial charge in [-0.05, 0) is 50.1 Å². The molecule has 0 radical (unpaired) electrons. The summed E-state index contributed by atoms with van der Waals surface area (Å²) in [6.45, 7) is 6.72. The zero-order valence-electron chi connectivity index (χ0n) is 17.4. The molecule has 3 aromatic rings. The van der Waals surface area contributed by atoms with E-state index in [-0.39, 0.29) is 12.5 Å². The number of amides is 1. The van der Waals surface area contributed by atoms with Crippen molar-refractivity contribution in [2.45, 2.75) is 20.8 Å². The van der Waals surface area contributed by atoms with E-state index < -0.39 is 0 Å². The number of hydrogen-bond donors (Lipinski definition) is 3. The fourth-order valence-corrected chi connectivity index (χ4v) is 2.76. The van der Waals surface area contributed by atoms with Crippen LogP contribution in [-0.2, 0) is 4.79 Å². The van der Waals surface area contributed by atoms with Gasteiger partial charge in [-0.25, -0.2) is 15.0 Å². The maximum absolute atomic E-state index is 12.0. The summed E-state index contributed by atoms with van der Waals surface area (Å²) in [6.07, 6.45) is 1.75. The summed E-state index contributed by atoms with van der Waals surface area (Å²) in [5, 5.41) is 9.20. The van der Waals surface area contributed by atoms with Crippen molar-refractivity contribution >= 4 is 23.4 Å². The Labute approximate surface area is 176 Å². The Hall–Kier alpha value is -3.68. The number of aryl methyl sites for hydroxylation is 3. The Balaban J connectivity index is 1.45. The highest BCUT2D eigenvalue weighted by atomic mass is 16.5. The van der Waals surface area contributed by atoms with E-state index in [1.165, 1.54) is 0 Å². The normalized spacial score (nSPS) is 10.4. The Morgan fingerprint density at radius 2 is 1.77 bits per heavy atom. The van der Waals surface area contributed by atoms with E-state index in [4.69, 9.17) is 4.74 Å². The van der Waals surface area contributed by atoms with Crippen LogP contribution in [0.5, 0.6) is 5.75 Å². The van der Waals surface area contributed by atoms with Gasteiger partial charge in [0.15, 0.2) is 6.61 Å². The Morgan fingerprint density at radius 1 is 0.967 bits per heavy atom. The van der Waals surface area contributed by atoms with Crippen molar-refractivity contribution in [3.05, 3.63) is 65.6 Å². The molecule has 3 N–H and O–H groups in total. The third kappa shape index (κ3) is 6.44. The molecular weight excluding hydrogens is 380 g/mol. The first-order valence-electron chi connectivity index (χ1n) is 9.74. The molecular formula is C22H26N6O2. The first kappa shape index (κ1) is 21.0. The number of anilines is 3. The Morgan fingerprint density at radius 3 is 2.57 bits per heavy atom. The molecule has 0 aliphatic rings. The SMILES string of the molecule is Cc1ccnc(Nc2cc(NCCNC(=O)COc3ccccc3C)nc(C)n2)c1. The van der Waals surface area contributed by atoms with Crippen molar-refractivity contribution in [3.8, 4) is 5.75 Å². The lowest BCUT2D eigenvalue weighted by Gasteiger charge is -2.11. The molecule has 0 saturated heterocycles. The van der Waals surface area contributed by atoms with Crippen LogP contribution in [0.15, 0.2) is 48.7 Å². The van der Waals surface area contributed by atoms with Gasteiger partial charge in [-0.2, -0.15) is 0 Å². The molecule has 1 amide bonds. The van der Waals surface area contributed by atoms with Crippen LogP contribution in [0, 0.1) is 20.8 Å². The van der Waals surface area contributed by atoms with Gasteiger partial charge in [0, 0.05) is 25.4 Å². The van der Waals surface area contributed by atoms with Crippen LogP contribution in [0.3, 0.4) is 0 Å². The van der Waals surface area contributed by atoms with Crippen LogP contribution in [0.2, 0.25) is 0 Å². The molecule has 3 rings (SSSR count). The number of aromatic nitrogens is 3. The number of para-hydroxylation sites is 1. The number of benzene rings is 1. The fraction of sp³-hybridized carbons (Fsp3) is 0.273. The highest BCUT2D eigenvalue weighted by molar-refractivity contribution is 5.77. The van der Waals surface area contributed by atoms with Gasteiger partial charge in [0.2, 0.25) is 0 Å². The quantitative estimate of drug-likeness (QED) is 0.469. The van der Waals surface area contributed by atoms with Crippen molar-refractivity contribution in [2.24, 2.45) is 0 Å². The highest BCUT2D eigenvalue weighted by Crippen LogP contribution is 2.17. The van der Waals surface area contributed by atoms with Gasteiger partial charge < -0.3 is 20.7 Å². The van der Waals surface area contributed by atoms with Gasteiger partial charge in [-0.3, -0.25) is 4.79 Å². The lowest BCUT2D eigenvalue weighted by molar-refractivity contribution is -0.123. The molecule has 0 saturated carbocycles. The Bertz CT molecular complexity index is 1010. The molecule has 156 valence electrons. The van der Waals surface area contributed by atoms with E-state index in [2.05, 4.69) is 30.9 Å². The predicted molar refractivity (Wildman–Crippen MR) is 117 cm³/mol. The predicted octanol–water partition coefficient (Wildman–Crippen LogP) is 3.15. The fourth-order valence-electron chi connectivity index (χ4n) is 2.76. The second kappa shape index (κ2) is 10.2. The van der Waals surface area contributed by atoms with E-state index in [1.807, 2.05) is 57.2 Å². The van der Waals surface area contributed by atoms with Gasteiger partial charge >= 0.3 is 0 Å². The van der Waals surface area contributed by atoms with Crippen LogP contribution in [0.25, 0.3) is 0 Å². The van der Waals surface area contributed by atoms with E-state index in [0.717, 1.165) is 16.9 Å². The third-order valence-electron chi connectivity index (χ3n) is 4.22. The van der Waals surface area contributed by atoms with E-state index in [9.17, 15) is 4.79 Å². The molecule has 1 aromatic carbocycles. The lowest BCUT2D eigenvalue weighted by atomic mass is 10.2. The summed E-state index contributed by atoms with van der Waals surface area (Å²) in [6, 6.07) is 13.3. The van der Waals surface area contributed by atoms with E-state index in [0.29, 0.717) is 36.3 Å². The van der Waals surface area contributed by atoms with Crippen LogP contribution >= 0.6 is 0 Å². The number of ether oxygens (including phenoxy) is 1. The number of carbonyl (C=O) groups excluding carboxylic acids is 1. The minimum Gasteiger partial charge on any atom is -0.484 e. The summed E-state index contributed by atoms with van der Waals surface area (Å²) < 4.78 is 5.54. The van der Waals surface area contributed by atoms with Crippen LogP contribution in [0.1, 0.15) is 17.0 Å². The minimum absolute atomic E-state index is 0.0188. The summed E-state index contributed by atoms with van der Waals surface area (Å²) in [5.41, 5.74) is 2.11. The Kier molecular flexibility index (Phi) is 7.15. The monoisotopic (exact) mass is 406 g/mol. The molecule has 0 spiro atoms. The van der Waals surface area contributed by atoms with Crippen molar-refractivity contribution in [2.75, 3.05) is 30.3 Å². The topological polar surface area (TPSA) is 101 Å². The molecule has 2 aromatic heterocycles. The second-order valence-electron chi connectivity index (χ2n) is 6.86. The number of rotatable bonds is 9. The zero-order chi connectivity index (χ0) is 21.3. The zero-order valence-corrected chi connectivity index (χ0v) is 17.4. The smallest absolute Gasteiger partial charge is 0.258 e. The summed E-state index contributed by atoms with van der Waals surface area (Å²) in [7, 11) is 0. The highest BCUT2D eigenvalue weighted by Gasteiger charge is 2.06. The standard InChI is InChI=1S/C22H26N6O2/c1-15-8-9-23-19(12-15)28-21-13-20(26-17(3)27-21)24-10-11-25-22(29)14-30-18-7-5-4-6-16(18)2/h4-9,12-13H,10-11,14H2,1-3H3,(H,25,29)(H2,23,24,26,27,28). The molecule has 0 fully saturated rings. The maximum Gasteiger partial charge on any atom is 0.258 e. The average Bonchev–Trinajstić information content (AvgIpc) is 2.70.